The van der Waals surface area contributed by atoms with E-state index in [9.17, 15) is 28.8 Å². The van der Waals surface area contributed by atoms with Gasteiger partial charge in [0, 0.05) is 5.56 Å². The van der Waals surface area contributed by atoms with Crippen LogP contribution in [-0.4, -0.2) is 35.3 Å². The lowest BCUT2D eigenvalue weighted by Gasteiger charge is -2.23. The average molecular weight is 492 g/mol. The smallest absolute Gasteiger partial charge is 0.318 e. The zero-order valence-corrected chi connectivity index (χ0v) is 18.8. The molecule has 0 spiro atoms. The molecule has 3 aromatic rings. The van der Waals surface area contributed by atoms with Crippen molar-refractivity contribution in [2.75, 3.05) is 5.32 Å². The number of anilines is 1. The van der Waals surface area contributed by atoms with Gasteiger partial charge in [0.2, 0.25) is 17.6 Å². The standard InChI is InChI=1S/C25H18ClN3O6/c26-18-7-3-4-8-19(18)27-24(34)21(31)16(12-17-22(32)28-25(35)29-23(17)33)20(30)15-10-9-13-5-1-2-6-14(13)11-15/h1-11,16-17H,12H2,(H,27,34)(H2,28,29,32,33,35)/t16-/m1/s1. The second-order valence-corrected chi connectivity index (χ2v) is 8.28. The van der Waals surface area contributed by atoms with Gasteiger partial charge in [-0.15, -0.1) is 0 Å². The maximum atomic E-state index is 13.4. The summed E-state index contributed by atoms with van der Waals surface area (Å²) in [4.78, 5) is 75.4. The number of imide groups is 2. The van der Waals surface area contributed by atoms with Gasteiger partial charge in [0.05, 0.1) is 16.6 Å². The molecule has 0 aromatic heterocycles. The number of carbonyl (C=O) groups is 6. The third-order valence-electron chi connectivity index (χ3n) is 5.59. The Bertz CT molecular complexity index is 1380. The zero-order valence-electron chi connectivity index (χ0n) is 18.0. The van der Waals surface area contributed by atoms with Gasteiger partial charge in [-0.3, -0.25) is 34.6 Å². The number of nitrogens with one attached hydrogen (secondary N) is 3. The predicted molar refractivity (Wildman–Crippen MR) is 127 cm³/mol. The Hall–Kier alpha value is -4.37. The van der Waals surface area contributed by atoms with E-state index in [1.165, 1.54) is 18.2 Å². The minimum atomic E-state index is -1.67. The molecule has 4 rings (SSSR count). The molecular formula is C25H18ClN3O6. The number of fused-ring (bicyclic) bond motifs is 1. The summed E-state index contributed by atoms with van der Waals surface area (Å²) in [6, 6.07) is 17.2. The second-order valence-electron chi connectivity index (χ2n) is 7.87. The molecule has 0 bridgehead atoms. The van der Waals surface area contributed by atoms with Crippen LogP contribution in [0.1, 0.15) is 16.8 Å². The number of hydrogen-bond acceptors (Lipinski definition) is 6. The summed E-state index contributed by atoms with van der Waals surface area (Å²) >= 11 is 6.04. The first-order valence-electron chi connectivity index (χ1n) is 10.5. The Morgan fingerprint density at radius 3 is 2.17 bits per heavy atom. The summed E-state index contributed by atoms with van der Waals surface area (Å²) in [5, 5.41) is 7.99. The van der Waals surface area contributed by atoms with Crippen molar-refractivity contribution in [2.24, 2.45) is 11.8 Å². The fourth-order valence-electron chi connectivity index (χ4n) is 3.78. The molecule has 1 aliphatic rings. The molecule has 0 unspecified atom stereocenters. The number of benzene rings is 3. The molecule has 5 amide bonds. The Balaban J connectivity index is 1.67. The number of barbiturate groups is 1. The summed E-state index contributed by atoms with van der Waals surface area (Å²) < 4.78 is 0. The van der Waals surface area contributed by atoms with E-state index >= 15 is 0 Å². The summed E-state index contributed by atoms with van der Waals surface area (Å²) in [5.74, 6) is -8.16. The fourth-order valence-corrected chi connectivity index (χ4v) is 3.96. The lowest BCUT2D eigenvalue weighted by molar-refractivity contribution is -0.139. The van der Waals surface area contributed by atoms with Crippen molar-refractivity contribution in [2.45, 2.75) is 6.42 Å². The molecule has 0 aliphatic carbocycles. The highest BCUT2D eigenvalue weighted by atomic mass is 35.5. The summed E-state index contributed by atoms with van der Waals surface area (Å²) in [6.07, 6.45) is -0.606. The largest absolute Gasteiger partial charge is 0.328 e. The van der Waals surface area contributed by atoms with E-state index in [1.807, 2.05) is 22.8 Å². The number of para-hydroxylation sites is 1. The lowest BCUT2D eigenvalue weighted by Crippen LogP contribution is -2.56. The third kappa shape index (κ3) is 5.10. The first-order valence-corrected chi connectivity index (χ1v) is 10.9. The minimum Gasteiger partial charge on any atom is -0.318 e. The topological polar surface area (TPSA) is 139 Å². The molecule has 3 aromatic carbocycles. The van der Waals surface area contributed by atoms with Crippen molar-refractivity contribution in [3.8, 4) is 0 Å². The van der Waals surface area contributed by atoms with E-state index in [1.54, 1.807) is 36.4 Å². The molecule has 1 aliphatic heterocycles. The molecule has 176 valence electrons. The molecule has 0 saturated carbocycles. The molecule has 9 nitrogen and oxygen atoms in total. The van der Waals surface area contributed by atoms with E-state index < -0.39 is 53.6 Å². The molecule has 3 N–H and O–H groups in total. The van der Waals surface area contributed by atoms with Crippen LogP contribution in [0.3, 0.4) is 0 Å². The van der Waals surface area contributed by atoms with Crippen LogP contribution < -0.4 is 16.0 Å². The van der Waals surface area contributed by atoms with Crippen LogP contribution in [0.15, 0.2) is 66.7 Å². The van der Waals surface area contributed by atoms with Crippen molar-refractivity contribution < 1.29 is 28.8 Å². The second kappa shape index (κ2) is 9.86. The monoisotopic (exact) mass is 491 g/mol. The number of Topliss-reactive ketones (excluding diaryl/α,β-unsaturated/α-hetero) is 2. The average Bonchev–Trinajstić information content (AvgIpc) is 2.84. The van der Waals surface area contributed by atoms with Crippen molar-refractivity contribution in [1.82, 2.24) is 10.6 Å². The van der Waals surface area contributed by atoms with Gasteiger partial charge in [0.1, 0.15) is 5.92 Å². The van der Waals surface area contributed by atoms with Gasteiger partial charge in [-0.2, -0.15) is 0 Å². The first kappa shape index (κ1) is 23.8. The molecule has 10 heteroatoms. The Kier molecular flexibility index (Phi) is 6.70. The van der Waals surface area contributed by atoms with E-state index in [-0.39, 0.29) is 16.3 Å². The highest BCUT2D eigenvalue weighted by molar-refractivity contribution is 6.46. The molecule has 35 heavy (non-hydrogen) atoms. The van der Waals surface area contributed by atoms with Gasteiger partial charge in [-0.1, -0.05) is 60.1 Å². The van der Waals surface area contributed by atoms with Gasteiger partial charge in [-0.25, -0.2) is 4.79 Å². The molecule has 1 fully saturated rings. The van der Waals surface area contributed by atoms with E-state index in [0.717, 1.165) is 10.8 Å². The van der Waals surface area contributed by atoms with E-state index in [4.69, 9.17) is 11.6 Å². The lowest BCUT2D eigenvalue weighted by atomic mass is 9.83. The molecule has 1 saturated heterocycles. The first-order chi connectivity index (χ1) is 16.7. The van der Waals surface area contributed by atoms with Crippen LogP contribution >= 0.6 is 11.6 Å². The number of halogens is 1. The highest BCUT2D eigenvalue weighted by Gasteiger charge is 2.42. The maximum Gasteiger partial charge on any atom is 0.328 e. The Labute approximate surface area is 203 Å². The van der Waals surface area contributed by atoms with Gasteiger partial charge in [-0.05, 0) is 35.4 Å². The number of hydrogen-bond donors (Lipinski definition) is 3. The van der Waals surface area contributed by atoms with Crippen LogP contribution in [0.5, 0.6) is 0 Å². The molecule has 1 heterocycles. The van der Waals surface area contributed by atoms with Crippen molar-refractivity contribution in [1.29, 1.82) is 0 Å². The van der Waals surface area contributed by atoms with Crippen LogP contribution in [0, 0.1) is 11.8 Å². The summed E-state index contributed by atoms with van der Waals surface area (Å²) in [5.41, 5.74) is 0.281. The van der Waals surface area contributed by atoms with Gasteiger partial charge >= 0.3 is 6.03 Å². The van der Waals surface area contributed by atoms with Gasteiger partial charge in [0.25, 0.3) is 5.91 Å². The molecule has 1 atom stereocenters. The van der Waals surface area contributed by atoms with E-state index in [2.05, 4.69) is 5.32 Å². The zero-order chi connectivity index (χ0) is 25.1. The highest BCUT2D eigenvalue weighted by Crippen LogP contribution is 2.25. The fraction of sp³-hybridized carbons (Fsp3) is 0.120. The van der Waals surface area contributed by atoms with Gasteiger partial charge < -0.3 is 5.32 Å². The Morgan fingerprint density at radius 1 is 0.857 bits per heavy atom. The minimum absolute atomic E-state index is 0.125. The third-order valence-corrected chi connectivity index (χ3v) is 5.92. The maximum absolute atomic E-state index is 13.4. The summed E-state index contributed by atoms with van der Waals surface area (Å²) in [6.45, 7) is 0. The number of urea groups is 1. The van der Waals surface area contributed by atoms with Crippen LogP contribution in [0.4, 0.5) is 10.5 Å². The van der Waals surface area contributed by atoms with Crippen molar-refractivity contribution in [3.63, 3.8) is 0 Å². The van der Waals surface area contributed by atoms with Gasteiger partial charge in [0.15, 0.2) is 5.78 Å². The molecule has 0 radical (unpaired) electrons. The number of carbonyl (C=O) groups excluding carboxylic acids is 6. The number of ketones is 2. The number of amides is 5. The predicted octanol–water partition coefficient (Wildman–Crippen LogP) is 2.87. The normalized spacial score (nSPS) is 14.7. The molecular weight excluding hydrogens is 474 g/mol. The van der Waals surface area contributed by atoms with Crippen LogP contribution in [0.2, 0.25) is 5.02 Å². The van der Waals surface area contributed by atoms with Crippen LogP contribution in [0.25, 0.3) is 10.8 Å². The van der Waals surface area contributed by atoms with Crippen LogP contribution in [-0.2, 0) is 19.2 Å². The number of rotatable bonds is 7. The van der Waals surface area contributed by atoms with E-state index in [0.29, 0.717) is 0 Å². The quantitative estimate of drug-likeness (QED) is 0.264. The Morgan fingerprint density at radius 2 is 1.49 bits per heavy atom. The SMILES string of the molecule is O=C1NC(=O)C(C[C@@H](C(=O)C(=O)Nc2ccccc2Cl)C(=O)c2ccc3ccccc3c2)C(=O)N1. The van der Waals surface area contributed by atoms with Crippen molar-refractivity contribution in [3.05, 3.63) is 77.3 Å². The summed E-state index contributed by atoms with van der Waals surface area (Å²) in [7, 11) is 0. The van der Waals surface area contributed by atoms with Crippen molar-refractivity contribution >= 4 is 63.4 Å².